The molecule has 18 heavy (non-hydrogen) atoms. The fourth-order valence-corrected chi connectivity index (χ4v) is 2.84. The van der Waals surface area contributed by atoms with Gasteiger partial charge in [-0.1, -0.05) is 19.9 Å². The van der Waals surface area contributed by atoms with Crippen molar-refractivity contribution in [2.75, 3.05) is 0 Å². The van der Waals surface area contributed by atoms with E-state index in [4.69, 9.17) is 5.73 Å². The van der Waals surface area contributed by atoms with Gasteiger partial charge in [0.25, 0.3) is 0 Å². The van der Waals surface area contributed by atoms with Crippen LogP contribution in [0.4, 0.5) is 8.78 Å². The molecule has 0 fully saturated rings. The second-order valence-corrected chi connectivity index (χ2v) is 5.72. The average molecular weight is 267 g/mol. The molecule has 1 unspecified atom stereocenters. The highest BCUT2D eigenvalue weighted by molar-refractivity contribution is 7.15. The Morgan fingerprint density at radius 2 is 1.78 bits per heavy atom. The number of hydrogen-bond donors (Lipinski definition) is 1. The van der Waals surface area contributed by atoms with Gasteiger partial charge in [-0.15, -0.1) is 11.3 Å². The van der Waals surface area contributed by atoms with E-state index in [9.17, 15) is 8.78 Å². The van der Waals surface area contributed by atoms with Gasteiger partial charge >= 0.3 is 0 Å². The summed E-state index contributed by atoms with van der Waals surface area (Å²) < 4.78 is 26.0. The molecule has 0 aliphatic rings. The van der Waals surface area contributed by atoms with Crippen LogP contribution in [0.15, 0.2) is 30.3 Å². The lowest BCUT2D eigenvalue weighted by Gasteiger charge is -2.12. The minimum Gasteiger partial charge on any atom is -0.323 e. The standard InChI is InChI=1S/C14H15F2NS/c1-8(2)14(17)13-6-5-12(18-13)9-3-4-10(15)11(16)7-9/h3-8,14H,17H2,1-2H3. The predicted octanol–water partition coefficient (Wildman–Crippen LogP) is 4.35. The van der Waals surface area contributed by atoms with Crippen molar-refractivity contribution < 1.29 is 8.78 Å². The maximum Gasteiger partial charge on any atom is 0.159 e. The zero-order chi connectivity index (χ0) is 13.3. The van der Waals surface area contributed by atoms with Crippen LogP contribution in [0.2, 0.25) is 0 Å². The van der Waals surface area contributed by atoms with Gasteiger partial charge in [-0.05, 0) is 35.7 Å². The van der Waals surface area contributed by atoms with Crippen molar-refractivity contribution in [3.63, 3.8) is 0 Å². The molecular formula is C14H15F2NS. The highest BCUT2D eigenvalue weighted by Crippen LogP contribution is 2.33. The van der Waals surface area contributed by atoms with Crippen molar-refractivity contribution in [1.29, 1.82) is 0 Å². The van der Waals surface area contributed by atoms with Crippen LogP contribution in [-0.4, -0.2) is 0 Å². The summed E-state index contributed by atoms with van der Waals surface area (Å²) in [6.45, 7) is 4.11. The summed E-state index contributed by atoms with van der Waals surface area (Å²) in [7, 11) is 0. The van der Waals surface area contributed by atoms with Crippen molar-refractivity contribution in [3.05, 3.63) is 46.8 Å². The summed E-state index contributed by atoms with van der Waals surface area (Å²) in [5.74, 6) is -1.30. The molecule has 0 amide bonds. The number of benzene rings is 1. The number of nitrogens with two attached hydrogens (primary N) is 1. The highest BCUT2D eigenvalue weighted by atomic mass is 32.1. The Bertz CT molecular complexity index is 548. The predicted molar refractivity (Wildman–Crippen MR) is 71.4 cm³/mol. The number of halogens is 2. The van der Waals surface area contributed by atoms with Crippen molar-refractivity contribution >= 4 is 11.3 Å². The molecule has 0 saturated carbocycles. The normalized spacial score (nSPS) is 13.0. The van der Waals surface area contributed by atoms with E-state index in [0.29, 0.717) is 11.5 Å². The van der Waals surface area contributed by atoms with Crippen molar-refractivity contribution in [3.8, 4) is 10.4 Å². The van der Waals surface area contributed by atoms with Gasteiger partial charge < -0.3 is 5.73 Å². The Balaban J connectivity index is 2.32. The second kappa shape index (κ2) is 5.16. The maximum atomic E-state index is 13.2. The van der Waals surface area contributed by atoms with E-state index in [1.165, 1.54) is 17.4 Å². The molecule has 2 rings (SSSR count). The highest BCUT2D eigenvalue weighted by Gasteiger charge is 2.14. The zero-order valence-electron chi connectivity index (χ0n) is 10.3. The summed E-state index contributed by atoms with van der Waals surface area (Å²) in [6.07, 6.45) is 0. The minimum absolute atomic E-state index is 0.0194. The smallest absolute Gasteiger partial charge is 0.159 e. The minimum atomic E-state index is -0.825. The molecule has 0 saturated heterocycles. The van der Waals surface area contributed by atoms with E-state index < -0.39 is 11.6 Å². The molecule has 2 aromatic rings. The summed E-state index contributed by atoms with van der Waals surface area (Å²) in [4.78, 5) is 1.96. The molecular weight excluding hydrogens is 252 g/mol. The molecule has 0 aliphatic heterocycles. The molecule has 1 aromatic carbocycles. The third kappa shape index (κ3) is 2.60. The van der Waals surface area contributed by atoms with Crippen LogP contribution in [-0.2, 0) is 0 Å². The number of hydrogen-bond acceptors (Lipinski definition) is 2. The van der Waals surface area contributed by atoms with Crippen LogP contribution >= 0.6 is 11.3 Å². The van der Waals surface area contributed by atoms with E-state index in [-0.39, 0.29) is 6.04 Å². The molecule has 1 atom stereocenters. The van der Waals surface area contributed by atoms with Gasteiger partial charge in [0.05, 0.1) is 0 Å². The largest absolute Gasteiger partial charge is 0.323 e. The van der Waals surface area contributed by atoms with E-state index in [0.717, 1.165) is 15.8 Å². The first-order valence-corrected chi connectivity index (χ1v) is 6.61. The van der Waals surface area contributed by atoms with Crippen LogP contribution < -0.4 is 5.73 Å². The van der Waals surface area contributed by atoms with Crippen LogP contribution in [0.5, 0.6) is 0 Å². The number of rotatable bonds is 3. The van der Waals surface area contributed by atoms with Crippen molar-refractivity contribution in [2.45, 2.75) is 19.9 Å². The quantitative estimate of drug-likeness (QED) is 0.879. The molecule has 0 spiro atoms. The van der Waals surface area contributed by atoms with E-state index in [2.05, 4.69) is 13.8 Å². The monoisotopic (exact) mass is 267 g/mol. The van der Waals surface area contributed by atoms with E-state index >= 15 is 0 Å². The summed E-state index contributed by atoms with van der Waals surface area (Å²) in [6, 6.07) is 7.77. The molecule has 1 heterocycles. The summed E-state index contributed by atoms with van der Waals surface area (Å²) >= 11 is 1.52. The third-order valence-electron chi connectivity index (χ3n) is 2.88. The first-order chi connectivity index (χ1) is 8.49. The van der Waals surface area contributed by atoms with Gasteiger partial charge in [0.1, 0.15) is 0 Å². The van der Waals surface area contributed by atoms with Gasteiger partial charge in [-0.25, -0.2) is 8.78 Å². The van der Waals surface area contributed by atoms with Gasteiger partial charge in [0, 0.05) is 15.8 Å². The van der Waals surface area contributed by atoms with Crippen LogP contribution in [0.25, 0.3) is 10.4 Å². The molecule has 0 radical (unpaired) electrons. The fourth-order valence-electron chi connectivity index (χ4n) is 1.67. The Kier molecular flexibility index (Phi) is 3.78. The second-order valence-electron chi connectivity index (χ2n) is 4.60. The topological polar surface area (TPSA) is 26.0 Å². The Hall–Kier alpha value is -1.26. The van der Waals surface area contributed by atoms with Crippen molar-refractivity contribution in [1.82, 2.24) is 0 Å². The maximum absolute atomic E-state index is 13.2. The van der Waals surface area contributed by atoms with Crippen LogP contribution in [0, 0.1) is 17.6 Å². The molecule has 1 aromatic heterocycles. The van der Waals surface area contributed by atoms with Gasteiger partial charge in [-0.2, -0.15) is 0 Å². The Morgan fingerprint density at radius 1 is 1.06 bits per heavy atom. The van der Waals surface area contributed by atoms with Crippen molar-refractivity contribution in [2.24, 2.45) is 11.7 Å². The summed E-state index contributed by atoms with van der Waals surface area (Å²) in [5, 5.41) is 0. The van der Waals surface area contributed by atoms with Gasteiger partial charge in [0.2, 0.25) is 0 Å². The lowest BCUT2D eigenvalue weighted by Crippen LogP contribution is -2.14. The summed E-state index contributed by atoms with van der Waals surface area (Å²) in [5.41, 5.74) is 6.74. The lowest BCUT2D eigenvalue weighted by atomic mass is 10.0. The van der Waals surface area contributed by atoms with Gasteiger partial charge in [-0.3, -0.25) is 0 Å². The first-order valence-electron chi connectivity index (χ1n) is 5.79. The third-order valence-corrected chi connectivity index (χ3v) is 4.11. The van der Waals surface area contributed by atoms with E-state index in [1.54, 1.807) is 6.07 Å². The van der Waals surface area contributed by atoms with E-state index in [1.807, 2.05) is 12.1 Å². The van der Waals surface area contributed by atoms with Crippen LogP contribution in [0.3, 0.4) is 0 Å². The number of thiophene rings is 1. The SMILES string of the molecule is CC(C)C(N)c1ccc(-c2ccc(F)c(F)c2)s1. The Morgan fingerprint density at radius 3 is 2.39 bits per heavy atom. The molecule has 2 N–H and O–H groups in total. The van der Waals surface area contributed by atoms with Crippen LogP contribution in [0.1, 0.15) is 24.8 Å². The average Bonchev–Trinajstić information content (AvgIpc) is 2.81. The Labute approximate surface area is 109 Å². The first kappa shape index (κ1) is 13.2. The zero-order valence-corrected chi connectivity index (χ0v) is 11.1. The molecule has 96 valence electrons. The van der Waals surface area contributed by atoms with Gasteiger partial charge in [0.15, 0.2) is 11.6 Å². The molecule has 0 aliphatic carbocycles. The molecule has 4 heteroatoms. The lowest BCUT2D eigenvalue weighted by molar-refractivity contribution is 0.509. The fraction of sp³-hybridized carbons (Fsp3) is 0.286. The molecule has 0 bridgehead atoms. The molecule has 1 nitrogen and oxygen atoms in total.